The minimum absolute atomic E-state index is 0.110. The third-order valence-electron chi connectivity index (χ3n) is 4.67. The van der Waals surface area contributed by atoms with Crippen molar-refractivity contribution in [1.82, 2.24) is 16.0 Å². The number of benzene rings is 2. The predicted octanol–water partition coefficient (Wildman–Crippen LogP) is 2.02. The molecule has 29 heavy (non-hydrogen) atoms. The monoisotopic (exact) mass is 402 g/mol. The average Bonchev–Trinajstić information content (AvgIpc) is 3.13. The third kappa shape index (κ3) is 4.18. The Kier molecular flexibility index (Phi) is 5.76. The second-order valence-electron chi connectivity index (χ2n) is 6.58. The first kappa shape index (κ1) is 20.2. The van der Waals surface area contributed by atoms with E-state index in [0.717, 1.165) is 12.1 Å². The fraction of sp³-hybridized carbons (Fsp3) is 0.250. The molecule has 1 aliphatic heterocycles. The zero-order valence-corrected chi connectivity index (χ0v) is 15.9. The van der Waals surface area contributed by atoms with E-state index in [4.69, 9.17) is 0 Å². The summed E-state index contributed by atoms with van der Waals surface area (Å²) in [6.45, 7) is 2.84. The number of urea groups is 1. The summed E-state index contributed by atoms with van der Waals surface area (Å²) in [5.41, 5.74) is 1.76. The highest BCUT2D eigenvalue weighted by Gasteiger charge is 2.25. The molecule has 1 fully saturated rings. The fourth-order valence-electron chi connectivity index (χ4n) is 3.15. The van der Waals surface area contributed by atoms with Crippen LogP contribution >= 0.6 is 0 Å². The van der Waals surface area contributed by atoms with Gasteiger partial charge in [0.25, 0.3) is 5.91 Å². The van der Waals surface area contributed by atoms with Gasteiger partial charge >= 0.3 is 6.03 Å². The minimum Gasteiger partial charge on any atom is -0.357 e. The number of anilines is 1. The molecular formula is C20H20F2N4O3. The maximum absolute atomic E-state index is 13.6. The first-order valence-electron chi connectivity index (χ1n) is 8.95. The maximum Gasteiger partial charge on any atom is 0.322 e. The zero-order chi connectivity index (χ0) is 21.1. The van der Waals surface area contributed by atoms with Crippen molar-refractivity contribution in [1.29, 1.82) is 0 Å². The average molecular weight is 402 g/mol. The molecular weight excluding hydrogens is 382 g/mol. The van der Waals surface area contributed by atoms with E-state index in [1.54, 1.807) is 24.0 Å². The van der Waals surface area contributed by atoms with Gasteiger partial charge in [-0.3, -0.25) is 14.5 Å². The van der Waals surface area contributed by atoms with Crippen LogP contribution in [0.15, 0.2) is 36.4 Å². The first-order chi connectivity index (χ1) is 13.8. The molecule has 9 heteroatoms. The largest absolute Gasteiger partial charge is 0.357 e. The second-order valence-corrected chi connectivity index (χ2v) is 6.58. The summed E-state index contributed by atoms with van der Waals surface area (Å²) in [5, 5.41) is 7.65. The van der Waals surface area contributed by atoms with Gasteiger partial charge in [0.05, 0.1) is 0 Å². The highest BCUT2D eigenvalue weighted by atomic mass is 19.2. The topological polar surface area (TPSA) is 90.5 Å². The zero-order valence-electron chi connectivity index (χ0n) is 15.9. The van der Waals surface area contributed by atoms with E-state index in [1.165, 1.54) is 19.2 Å². The van der Waals surface area contributed by atoms with Gasteiger partial charge in [0.15, 0.2) is 11.6 Å². The molecule has 1 aliphatic rings. The number of amides is 4. The van der Waals surface area contributed by atoms with E-state index in [9.17, 15) is 23.2 Å². The number of likely N-dealkylation sites (N-methyl/N-ethyl adjacent to an activating group) is 1. The molecule has 7 nitrogen and oxygen atoms in total. The Labute approximate surface area is 166 Å². The third-order valence-corrected chi connectivity index (χ3v) is 4.67. The molecule has 0 radical (unpaired) electrons. The van der Waals surface area contributed by atoms with Crippen molar-refractivity contribution in [2.45, 2.75) is 13.0 Å². The lowest BCUT2D eigenvalue weighted by Crippen LogP contribution is -2.39. The Hall–Kier alpha value is -3.49. The number of rotatable bonds is 5. The highest BCUT2D eigenvalue weighted by molar-refractivity contribution is 5.99. The molecule has 2 aromatic carbocycles. The van der Waals surface area contributed by atoms with Gasteiger partial charge in [-0.1, -0.05) is 6.07 Å². The summed E-state index contributed by atoms with van der Waals surface area (Å²) in [4.78, 5) is 38.3. The molecule has 1 saturated heterocycles. The molecule has 1 heterocycles. The number of aryl methyl sites for hydroxylation is 1. The van der Waals surface area contributed by atoms with Crippen molar-refractivity contribution in [2.24, 2.45) is 0 Å². The van der Waals surface area contributed by atoms with E-state index >= 15 is 0 Å². The first-order valence-corrected chi connectivity index (χ1v) is 8.95. The normalized spacial score (nSPS) is 14.3. The van der Waals surface area contributed by atoms with Crippen molar-refractivity contribution in [3.05, 3.63) is 64.7 Å². The van der Waals surface area contributed by atoms with E-state index in [0.29, 0.717) is 24.3 Å². The van der Waals surface area contributed by atoms with Crippen molar-refractivity contribution in [3.8, 4) is 0 Å². The Morgan fingerprint density at radius 3 is 2.48 bits per heavy atom. The maximum atomic E-state index is 13.6. The van der Waals surface area contributed by atoms with Crippen molar-refractivity contribution >= 4 is 23.5 Å². The van der Waals surface area contributed by atoms with Gasteiger partial charge in [0.2, 0.25) is 5.91 Å². The smallest absolute Gasteiger partial charge is 0.322 e. The van der Waals surface area contributed by atoms with Gasteiger partial charge < -0.3 is 16.0 Å². The van der Waals surface area contributed by atoms with E-state index in [2.05, 4.69) is 16.0 Å². The molecule has 1 atom stereocenters. The molecule has 152 valence electrons. The van der Waals surface area contributed by atoms with Crippen LogP contribution in [0.4, 0.5) is 19.3 Å². The lowest BCUT2D eigenvalue weighted by atomic mass is 10.0. The standard InChI is InChI=1S/C20H20F2N4O3/c1-11-9-13(4-6-16(11)26-8-7-24-20(26)29)18(27)25-17(19(28)23-2)12-3-5-14(21)15(22)10-12/h3-6,9-10,17H,7-8H2,1-2H3,(H,23,28)(H,24,29)(H,25,27). The van der Waals surface area contributed by atoms with Crippen molar-refractivity contribution in [3.63, 3.8) is 0 Å². The molecule has 1 unspecified atom stereocenters. The summed E-state index contributed by atoms with van der Waals surface area (Å²) >= 11 is 0. The van der Waals surface area contributed by atoms with Crippen LogP contribution < -0.4 is 20.9 Å². The Morgan fingerprint density at radius 1 is 1.14 bits per heavy atom. The minimum atomic E-state index is -1.20. The van der Waals surface area contributed by atoms with Gasteiger partial charge in [-0.2, -0.15) is 0 Å². The van der Waals surface area contributed by atoms with Gasteiger partial charge in [-0.25, -0.2) is 13.6 Å². The number of nitrogens with one attached hydrogen (secondary N) is 3. The summed E-state index contributed by atoms with van der Waals surface area (Å²) in [5.74, 6) is -3.31. The quantitative estimate of drug-likeness (QED) is 0.715. The number of halogens is 2. The van der Waals surface area contributed by atoms with Gasteiger partial charge in [-0.15, -0.1) is 0 Å². The molecule has 4 amide bonds. The molecule has 0 bridgehead atoms. The summed E-state index contributed by atoms with van der Waals surface area (Å²) in [6, 6.07) is 6.39. The van der Waals surface area contributed by atoms with Crippen LogP contribution in [-0.2, 0) is 4.79 Å². The fourth-order valence-corrected chi connectivity index (χ4v) is 3.15. The highest BCUT2D eigenvalue weighted by Crippen LogP contribution is 2.24. The number of hydrogen-bond donors (Lipinski definition) is 3. The predicted molar refractivity (Wildman–Crippen MR) is 103 cm³/mol. The van der Waals surface area contributed by atoms with Crippen LogP contribution in [0.1, 0.15) is 27.5 Å². The van der Waals surface area contributed by atoms with Crippen LogP contribution in [0.5, 0.6) is 0 Å². The lowest BCUT2D eigenvalue weighted by Gasteiger charge is -2.20. The molecule has 0 aliphatic carbocycles. The summed E-state index contributed by atoms with van der Waals surface area (Å²) in [6.07, 6.45) is 0. The van der Waals surface area contributed by atoms with Crippen LogP contribution in [0.25, 0.3) is 0 Å². The number of carbonyl (C=O) groups excluding carboxylic acids is 3. The number of hydrogen-bond acceptors (Lipinski definition) is 3. The number of carbonyl (C=O) groups is 3. The van der Waals surface area contributed by atoms with Crippen LogP contribution in [0.3, 0.4) is 0 Å². The molecule has 0 saturated carbocycles. The van der Waals surface area contributed by atoms with Crippen molar-refractivity contribution < 1.29 is 23.2 Å². The van der Waals surface area contributed by atoms with Gasteiger partial charge in [0.1, 0.15) is 6.04 Å². The van der Waals surface area contributed by atoms with E-state index in [1.807, 2.05) is 0 Å². The lowest BCUT2D eigenvalue weighted by molar-refractivity contribution is -0.122. The van der Waals surface area contributed by atoms with E-state index in [-0.39, 0.29) is 17.2 Å². The van der Waals surface area contributed by atoms with Crippen LogP contribution in [0, 0.1) is 18.6 Å². The molecule has 0 spiro atoms. The Bertz CT molecular complexity index is 980. The van der Waals surface area contributed by atoms with E-state index < -0.39 is 29.5 Å². The second kappa shape index (κ2) is 8.26. The van der Waals surface area contributed by atoms with Crippen LogP contribution in [-0.4, -0.2) is 38.0 Å². The van der Waals surface area contributed by atoms with Crippen molar-refractivity contribution in [2.75, 3.05) is 25.0 Å². The summed E-state index contributed by atoms with van der Waals surface area (Å²) in [7, 11) is 1.38. The Balaban J connectivity index is 1.84. The van der Waals surface area contributed by atoms with Gasteiger partial charge in [0, 0.05) is 31.4 Å². The van der Waals surface area contributed by atoms with Crippen LogP contribution in [0.2, 0.25) is 0 Å². The molecule has 0 aromatic heterocycles. The molecule has 3 N–H and O–H groups in total. The number of nitrogens with zero attached hydrogens (tertiary/aromatic N) is 1. The van der Waals surface area contributed by atoms with Gasteiger partial charge in [-0.05, 0) is 48.4 Å². The summed E-state index contributed by atoms with van der Waals surface area (Å²) < 4.78 is 26.8. The molecule has 3 rings (SSSR count). The SMILES string of the molecule is CNC(=O)C(NC(=O)c1ccc(N2CCNC2=O)c(C)c1)c1ccc(F)c(F)c1. The Morgan fingerprint density at radius 2 is 1.90 bits per heavy atom. The molecule has 2 aromatic rings.